The first kappa shape index (κ1) is 16.6. The third-order valence-corrected chi connectivity index (χ3v) is 5.53. The maximum Gasteiger partial charge on any atom is 0.299 e. The van der Waals surface area contributed by atoms with Crippen molar-refractivity contribution in [1.82, 2.24) is 4.90 Å². The highest BCUT2D eigenvalue weighted by molar-refractivity contribution is 5.95. The Hall–Kier alpha value is -2.83. The van der Waals surface area contributed by atoms with Crippen molar-refractivity contribution in [2.75, 3.05) is 0 Å². The largest absolute Gasteiger partial charge is 0.392 e. The lowest BCUT2D eigenvalue weighted by molar-refractivity contribution is -0.129. The number of carbonyl (C=O) groups excluding carboxylic acids is 1. The van der Waals surface area contributed by atoms with Crippen molar-refractivity contribution in [2.45, 2.75) is 38.5 Å². The highest BCUT2D eigenvalue weighted by atomic mass is 16.3. The molecule has 1 aliphatic carbocycles. The van der Waals surface area contributed by atoms with Crippen LogP contribution in [-0.4, -0.2) is 22.0 Å². The smallest absolute Gasteiger partial charge is 0.299 e. The summed E-state index contributed by atoms with van der Waals surface area (Å²) in [6.07, 6.45) is 7.15. The third kappa shape index (κ3) is 2.55. The van der Waals surface area contributed by atoms with E-state index in [9.17, 15) is 9.90 Å². The van der Waals surface area contributed by atoms with Gasteiger partial charge in [-0.3, -0.25) is 4.79 Å². The molecule has 1 amide bonds. The van der Waals surface area contributed by atoms with Crippen LogP contribution in [-0.2, 0) is 17.8 Å². The second-order valence-corrected chi connectivity index (χ2v) is 7.05. The molecule has 0 bridgehead atoms. The molecule has 1 aliphatic heterocycles. The molecule has 2 aromatic carbocycles. The summed E-state index contributed by atoms with van der Waals surface area (Å²) in [4.78, 5) is 14.4. The van der Waals surface area contributed by atoms with Crippen LogP contribution >= 0.6 is 0 Å². The minimum atomic E-state index is -0.267. The molecule has 1 heterocycles. The van der Waals surface area contributed by atoms with Gasteiger partial charge in [-0.15, -0.1) is 6.42 Å². The van der Waals surface area contributed by atoms with Crippen molar-refractivity contribution in [2.24, 2.45) is 0 Å². The maximum atomic E-state index is 12.6. The quantitative estimate of drug-likeness (QED) is 0.848. The lowest BCUT2D eigenvalue weighted by atomic mass is 9.85. The number of nitrogens with zero attached hydrogens (tertiary/aromatic N) is 1. The number of aliphatic hydroxyl groups excluding tert-OH is 1. The van der Waals surface area contributed by atoms with Crippen LogP contribution in [0.25, 0.3) is 5.57 Å². The van der Waals surface area contributed by atoms with Crippen LogP contribution in [0.15, 0.2) is 54.1 Å². The first-order chi connectivity index (χ1) is 12.6. The Kier molecular flexibility index (Phi) is 4.14. The molecule has 0 aromatic heterocycles. The van der Waals surface area contributed by atoms with Crippen LogP contribution in [0.2, 0.25) is 0 Å². The Morgan fingerprint density at radius 1 is 1.23 bits per heavy atom. The van der Waals surface area contributed by atoms with Crippen LogP contribution in [0.1, 0.15) is 41.6 Å². The van der Waals surface area contributed by atoms with E-state index in [4.69, 9.17) is 6.42 Å². The average Bonchev–Trinajstić information content (AvgIpc) is 3.04. The molecule has 0 saturated carbocycles. The van der Waals surface area contributed by atoms with E-state index in [0.29, 0.717) is 0 Å². The van der Waals surface area contributed by atoms with Crippen molar-refractivity contribution < 1.29 is 9.90 Å². The van der Waals surface area contributed by atoms with Gasteiger partial charge in [0, 0.05) is 6.04 Å². The van der Waals surface area contributed by atoms with Crippen molar-refractivity contribution in [3.05, 3.63) is 76.4 Å². The number of aliphatic hydroxyl groups is 1. The van der Waals surface area contributed by atoms with Gasteiger partial charge in [0.2, 0.25) is 0 Å². The van der Waals surface area contributed by atoms with Gasteiger partial charge in [0.15, 0.2) is 0 Å². The van der Waals surface area contributed by atoms with Crippen LogP contribution in [0.3, 0.4) is 0 Å². The third-order valence-electron chi connectivity index (χ3n) is 5.53. The standard InChI is InChI=1S/C23H21NO2/c1-3-22(26)24-15(2)12-20-19-7-5-4-6-18(19)13-21(20)23(24)17-10-8-16(14-25)9-11-17/h1,4-11,15,23,25H,12-14H2,2H3/t15-,23-/m0/s1. The molecule has 0 saturated heterocycles. The average molecular weight is 343 g/mol. The molecular weight excluding hydrogens is 322 g/mol. The lowest BCUT2D eigenvalue weighted by Gasteiger charge is -2.41. The van der Waals surface area contributed by atoms with Gasteiger partial charge in [-0.2, -0.15) is 0 Å². The zero-order valence-corrected chi connectivity index (χ0v) is 14.8. The van der Waals surface area contributed by atoms with Gasteiger partial charge in [-0.25, -0.2) is 0 Å². The molecule has 0 spiro atoms. The van der Waals surface area contributed by atoms with Gasteiger partial charge >= 0.3 is 0 Å². The zero-order chi connectivity index (χ0) is 18.3. The molecule has 2 atom stereocenters. The predicted molar refractivity (Wildman–Crippen MR) is 102 cm³/mol. The predicted octanol–water partition coefficient (Wildman–Crippen LogP) is 3.48. The molecule has 0 radical (unpaired) electrons. The zero-order valence-electron chi connectivity index (χ0n) is 14.8. The maximum absolute atomic E-state index is 12.6. The van der Waals surface area contributed by atoms with E-state index < -0.39 is 0 Å². The summed E-state index contributed by atoms with van der Waals surface area (Å²) in [5.41, 5.74) is 7.14. The number of terminal acetylenes is 1. The number of fused-ring (bicyclic) bond motifs is 2. The normalized spacial score (nSPS) is 21.2. The van der Waals surface area contributed by atoms with Gasteiger partial charge in [-0.05, 0) is 59.1 Å². The summed E-state index contributed by atoms with van der Waals surface area (Å²) in [6, 6.07) is 16.2. The molecule has 26 heavy (non-hydrogen) atoms. The van der Waals surface area contributed by atoms with Crippen LogP contribution < -0.4 is 0 Å². The van der Waals surface area contributed by atoms with E-state index in [2.05, 4.69) is 37.1 Å². The number of hydrogen-bond acceptors (Lipinski definition) is 2. The van der Waals surface area contributed by atoms with Gasteiger partial charge in [0.25, 0.3) is 5.91 Å². The van der Waals surface area contributed by atoms with Gasteiger partial charge in [0.1, 0.15) is 0 Å². The fraction of sp³-hybridized carbons (Fsp3) is 0.261. The Morgan fingerprint density at radius 3 is 2.65 bits per heavy atom. The minimum Gasteiger partial charge on any atom is -0.392 e. The number of rotatable bonds is 2. The number of amides is 1. The summed E-state index contributed by atoms with van der Waals surface area (Å²) >= 11 is 0. The highest BCUT2D eigenvalue weighted by Gasteiger charge is 2.40. The van der Waals surface area contributed by atoms with Gasteiger partial charge < -0.3 is 10.0 Å². The van der Waals surface area contributed by atoms with Crippen molar-refractivity contribution in [3.8, 4) is 12.3 Å². The highest BCUT2D eigenvalue weighted by Crippen LogP contribution is 2.48. The molecule has 0 fully saturated rings. The number of hydrogen-bond donors (Lipinski definition) is 1. The number of benzene rings is 2. The fourth-order valence-corrected chi connectivity index (χ4v) is 4.33. The van der Waals surface area contributed by atoms with Crippen molar-refractivity contribution in [3.63, 3.8) is 0 Å². The Balaban J connectivity index is 1.86. The van der Waals surface area contributed by atoms with Gasteiger partial charge in [-0.1, -0.05) is 48.5 Å². The summed E-state index contributed by atoms with van der Waals surface area (Å²) in [7, 11) is 0. The first-order valence-corrected chi connectivity index (χ1v) is 8.92. The van der Waals surface area contributed by atoms with Gasteiger partial charge in [0.05, 0.1) is 12.6 Å². The molecule has 4 rings (SSSR count). The molecule has 2 aliphatic rings. The second kappa shape index (κ2) is 6.48. The van der Waals surface area contributed by atoms with Crippen molar-refractivity contribution >= 4 is 11.5 Å². The molecule has 0 unspecified atom stereocenters. The lowest BCUT2D eigenvalue weighted by Crippen LogP contribution is -2.44. The summed E-state index contributed by atoms with van der Waals surface area (Å²) < 4.78 is 0. The van der Waals surface area contributed by atoms with E-state index in [0.717, 1.165) is 24.0 Å². The van der Waals surface area contributed by atoms with Crippen LogP contribution in [0.5, 0.6) is 0 Å². The topological polar surface area (TPSA) is 40.5 Å². The summed E-state index contributed by atoms with van der Waals surface area (Å²) in [5.74, 6) is 2.05. The van der Waals surface area contributed by atoms with E-state index >= 15 is 0 Å². The Bertz CT molecular complexity index is 933. The number of carbonyl (C=O) groups is 1. The molecule has 2 aromatic rings. The Morgan fingerprint density at radius 2 is 1.96 bits per heavy atom. The fourth-order valence-electron chi connectivity index (χ4n) is 4.33. The monoisotopic (exact) mass is 343 g/mol. The SMILES string of the molecule is C#CC(=O)N1[C@@H](c2ccc(CO)cc2)C2=C(C[C@@H]1C)c1ccccc1C2. The van der Waals surface area contributed by atoms with E-state index in [-0.39, 0.29) is 24.6 Å². The molecule has 1 N–H and O–H groups in total. The van der Waals surface area contributed by atoms with E-state index in [1.54, 1.807) is 0 Å². The van der Waals surface area contributed by atoms with Crippen LogP contribution in [0.4, 0.5) is 0 Å². The molecular formula is C23H21NO2. The van der Waals surface area contributed by atoms with Crippen molar-refractivity contribution in [1.29, 1.82) is 0 Å². The van der Waals surface area contributed by atoms with E-state index in [1.807, 2.05) is 29.2 Å². The minimum absolute atomic E-state index is 0.00768. The van der Waals surface area contributed by atoms with E-state index in [1.165, 1.54) is 22.3 Å². The Labute approximate surface area is 154 Å². The summed E-state index contributed by atoms with van der Waals surface area (Å²) in [5, 5.41) is 9.33. The molecule has 3 heteroatoms. The first-order valence-electron chi connectivity index (χ1n) is 8.92. The molecule has 3 nitrogen and oxygen atoms in total. The molecule has 130 valence electrons. The van der Waals surface area contributed by atoms with Crippen LogP contribution in [0, 0.1) is 12.3 Å². The second-order valence-electron chi connectivity index (χ2n) is 7.05. The summed E-state index contributed by atoms with van der Waals surface area (Å²) in [6.45, 7) is 2.07.